The number of pyridine rings is 1. The van der Waals surface area contributed by atoms with Gasteiger partial charge in [-0.3, -0.25) is 0 Å². The van der Waals surface area contributed by atoms with Crippen molar-refractivity contribution in [3.8, 4) is 0 Å². The van der Waals surface area contributed by atoms with E-state index in [0.717, 1.165) is 18.4 Å². The van der Waals surface area contributed by atoms with Crippen LogP contribution in [0, 0.1) is 6.92 Å². The number of aromatic nitrogens is 2. The molecular weight excluding hydrogens is 310 g/mol. The van der Waals surface area contributed by atoms with Crippen LogP contribution in [0.2, 0.25) is 0 Å². The lowest BCUT2D eigenvalue weighted by atomic mass is 10.1. The third-order valence-electron chi connectivity index (χ3n) is 4.38. The second-order valence-corrected chi connectivity index (χ2v) is 7.65. The summed E-state index contributed by atoms with van der Waals surface area (Å²) in [5, 5.41) is 0.613. The Morgan fingerprint density at radius 2 is 2.17 bits per heavy atom. The monoisotopic (exact) mass is 327 g/mol. The summed E-state index contributed by atoms with van der Waals surface area (Å²) in [5.74, 6) is 0. The molecule has 2 aromatic heterocycles. The SMILES string of the molecule is Cc1ccc2c(c1)CCC2NS(=O)(=O)c1c[nH]c2ncccc12. The minimum absolute atomic E-state index is 0.169. The van der Waals surface area contributed by atoms with Gasteiger partial charge in [0, 0.05) is 23.8 Å². The minimum atomic E-state index is -3.60. The minimum Gasteiger partial charge on any atom is -0.345 e. The van der Waals surface area contributed by atoms with Gasteiger partial charge in [0.25, 0.3) is 0 Å². The molecule has 0 aliphatic heterocycles. The predicted octanol–water partition coefficient (Wildman–Crippen LogP) is 2.84. The summed E-state index contributed by atoms with van der Waals surface area (Å²) >= 11 is 0. The van der Waals surface area contributed by atoms with Crippen LogP contribution in [0.1, 0.15) is 29.2 Å². The van der Waals surface area contributed by atoms with Gasteiger partial charge < -0.3 is 4.98 Å². The van der Waals surface area contributed by atoms with Crippen LogP contribution in [0.3, 0.4) is 0 Å². The van der Waals surface area contributed by atoms with Crippen molar-refractivity contribution in [3.05, 3.63) is 59.4 Å². The zero-order valence-electron chi connectivity index (χ0n) is 12.7. The van der Waals surface area contributed by atoms with Gasteiger partial charge >= 0.3 is 0 Å². The van der Waals surface area contributed by atoms with Crippen LogP contribution in [0.25, 0.3) is 11.0 Å². The van der Waals surface area contributed by atoms with Crippen LogP contribution < -0.4 is 4.72 Å². The number of hydrogen-bond acceptors (Lipinski definition) is 3. The zero-order chi connectivity index (χ0) is 16.0. The molecule has 23 heavy (non-hydrogen) atoms. The maximum Gasteiger partial charge on any atom is 0.243 e. The molecule has 1 atom stereocenters. The number of aryl methyl sites for hydroxylation is 2. The molecule has 5 nitrogen and oxygen atoms in total. The second kappa shape index (κ2) is 5.18. The molecule has 0 saturated heterocycles. The van der Waals surface area contributed by atoms with E-state index < -0.39 is 10.0 Å². The normalized spacial score (nSPS) is 17.5. The van der Waals surface area contributed by atoms with Gasteiger partial charge in [0.05, 0.1) is 0 Å². The highest BCUT2D eigenvalue weighted by molar-refractivity contribution is 7.89. The van der Waals surface area contributed by atoms with Crippen molar-refractivity contribution >= 4 is 21.1 Å². The topological polar surface area (TPSA) is 74.8 Å². The van der Waals surface area contributed by atoms with E-state index in [1.807, 2.05) is 12.1 Å². The van der Waals surface area contributed by atoms with E-state index in [-0.39, 0.29) is 10.9 Å². The molecule has 4 rings (SSSR count). The molecule has 118 valence electrons. The number of benzene rings is 1. The predicted molar refractivity (Wildman–Crippen MR) is 88.7 cm³/mol. The molecule has 0 radical (unpaired) electrons. The first-order valence-corrected chi connectivity index (χ1v) is 9.07. The molecule has 2 heterocycles. The molecule has 2 N–H and O–H groups in total. The third-order valence-corrected chi connectivity index (χ3v) is 5.89. The Morgan fingerprint density at radius 3 is 3.04 bits per heavy atom. The van der Waals surface area contributed by atoms with Crippen LogP contribution in [0.15, 0.2) is 47.6 Å². The summed E-state index contributed by atoms with van der Waals surface area (Å²) < 4.78 is 28.4. The van der Waals surface area contributed by atoms with E-state index in [2.05, 4.69) is 27.7 Å². The largest absolute Gasteiger partial charge is 0.345 e. The highest BCUT2D eigenvalue weighted by Gasteiger charge is 2.28. The molecule has 1 aromatic carbocycles. The molecule has 6 heteroatoms. The first-order chi connectivity index (χ1) is 11.0. The molecule has 1 aliphatic carbocycles. The van der Waals surface area contributed by atoms with E-state index in [1.54, 1.807) is 18.3 Å². The summed E-state index contributed by atoms with van der Waals surface area (Å²) in [6.45, 7) is 2.05. The Hall–Kier alpha value is -2.18. The fraction of sp³-hybridized carbons (Fsp3) is 0.235. The van der Waals surface area contributed by atoms with Gasteiger partial charge in [0.2, 0.25) is 10.0 Å². The Morgan fingerprint density at radius 1 is 1.30 bits per heavy atom. The number of nitrogens with zero attached hydrogens (tertiary/aromatic N) is 1. The standard InChI is InChI=1S/C17H17N3O2S/c1-11-4-6-13-12(9-11)5-7-15(13)20-23(21,22)16-10-19-17-14(16)3-2-8-18-17/h2-4,6,8-10,15,20H,5,7H2,1H3,(H,18,19). The first-order valence-electron chi connectivity index (χ1n) is 7.58. The molecule has 1 unspecified atom stereocenters. The molecule has 0 saturated carbocycles. The second-order valence-electron chi connectivity index (χ2n) is 5.97. The van der Waals surface area contributed by atoms with Crippen LogP contribution >= 0.6 is 0 Å². The first kappa shape index (κ1) is 14.4. The summed E-state index contributed by atoms with van der Waals surface area (Å²) in [5.41, 5.74) is 4.10. The third kappa shape index (κ3) is 2.44. The lowest BCUT2D eigenvalue weighted by Crippen LogP contribution is -2.27. The fourth-order valence-corrected chi connectivity index (χ4v) is 4.69. The van der Waals surface area contributed by atoms with Crippen LogP contribution in [0.4, 0.5) is 0 Å². The maximum atomic E-state index is 12.8. The lowest BCUT2D eigenvalue weighted by Gasteiger charge is -2.14. The molecule has 0 bridgehead atoms. The average molecular weight is 327 g/mol. The highest BCUT2D eigenvalue weighted by atomic mass is 32.2. The number of nitrogens with one attached hydrogen (secondary N) is 2. The van der Waals surface area contributed by atoms with Crippen LogP contribution in [-0.2, 0) is 16.4 Å². The van der Waals surface area contributed by atoms with E-state index in [4.69, 9.17) is 0 Å². The van der Waals surface area contributed by atoms with Gasteiger partial charge in [-0.25, -0.2) is 18.1 Å². The molecule has 0 amide bonds. The average Bonchev–Trinajstić information content (AvgIpc) is 3.11. The van der Waals surface area contributed by atoms with Crippen LogP contribution in [-0.4, -0.2) is 18.4 Å². The quantitative estimate of drug-likeness (QED) is 0.777. The number of hydrogen-bond donors (Lipinski definition) is 2. The number of aromatic amines is 1. The van der Waals surface area contributed by atoms with Crippen molar-refractivity contribution in [3.63, 3.8) is 0 Å². The number of sulfonamides is 1. The number of rotatable bonds is 3. The number of H-pyrrole nitrogens is 1. The van der Waals surface area contributed by atoms with Crippen molar-refractivity contribution in [2.24, 2.45) is 0 Å². The van der Waals surface area contributed by atoms with E-state index in [0.29, 0.717) is 11.0 Å². The Labute approximate surface area is 134 Å². The van der Waals surface area contributed by atoms with Crippen LogP contribution in [0.5, 0.6) is 0 Å². The van der Waals surface area contributed by atoms with Crippen molar-refractivity contribution in [1.29, 1.82) is 0 Å². The highest BCUT2D eigenvalue weighted by Crippen LogP contribution is 2.33. The molecule has 0 fully saturated rings. The van der Waals surface area contributed by atoms with Gasteiger partial charge in [-0.15, -0.1) is 0 Å². The maximum absolute atomic E-state index is 12.8. The smallest absolute Gasteiger partial charge is 0.243 e. The van der Waals surface area contributed by atoms with E-state index in [1.165, 1.54) is 17.3 Å². The molecule has 0 spiro atoms. The lowest BCUT2D eigenvalue weighted by molar-refractivity contribution is 0.555. The summed E-state index contributed by atoms with van der Waals surface area (Å²) in [4.78, 5) is 7.31. The number of fused-ring (bicyclic) bond motifs is 2. The summed E-state index contributed by atoms with van der Waals surface area (Å²) in [6, 6.07) is 9.53. The summed E-state index contributed by atoms with van der Waals surface area (Å²) in [7, 11) is -3.60. The Bertz CT molecular complexity index is 992. The zero-order valence-corrected chi connectivity index (χ0v) is 13.5. The van der Waals surface area contributed by atoms with Gasteiger partial charge in [0.1, 0.15) is 10.5 Å². The van der Waals surface area contributed by atoms with Gasteiger partial charge in [0.15, 0.2) is 0 Å². The fourth-order valence-electron chi connectivity index (χ4n) is 3.27. The van der Waals surface area contributed by atoms with Gasteiger partial charge in [-0.1, -0.05) is 23.8 Å². The summed E-state index contributed by atoms with van der Waals surface area (Å²) in [6.07, 6.45) is 4.83. The van der Waals surface area contributed by atoms with Crippen molar-refractivity contribution in [2.45, 2.75) is 30.7 Å². The van der Waals surface area contributed by atoms with Crippen molar-refractivity contribution < 1.29 is 8.42 Å². The molecule has 3 aromatic rings. The Balaban J connectivity index is 1.69. The Kier molecular flexibility index (Phi) is 3.25. The molecule has 1 aliphatic rings. The van der Waals surface area contributed by atoms with E-state index in [9.17, 15) is 8.42 Å². The van der Waals surface area contributed by atoms with E-state index >= 15 is 0 Å². The molecular formula is C17H17N3O2S. The van der Waals surface area contributed by atoms with Crippen molar-refractivity contribution in [2.75, 3.05) is 0 Å². The van der Waals surface area contributed by atoms with Gasteiger partial charge in [-0.05, 0) is 43.0 Å². The van der Waals surface area contributed by atoms with Crippen molar-refractivity contribution in [1.82, 2.24) is 14.7 Å². The van der Waals surface area contributed by atoms with Gasteiger partial charge in [-0.2, -0.15) is 0 Å².